The van der Waals surface area contributed by atoms with Crippen LogP contribution < -0.4 is 10.1 Å². The van der Waals surface area contributed by atoms with Crippen LogP contribution in [0.25, 0.3) is 0 Å². The summed E-state index contributed by atoms with van der Waals surface area (Å²) in [6, 6.07) is 23.2. The first-order chi connectivity index (χ1) is 22.3. The smallest absolute Gasteiger partial charge is 0.262 e. The van der Waals surface area contributed by atoms with Crippen molar-refractivity contribution in [2.45, 2.75) is 72.6 Å². The van der Waals surface area contributed by atoms with Crippen molar-refractivity contribution < 1.29 is 19.1 Å². The van der Waals surface area contributed by atoms with Gasteiger partial charge in [0.2, 0.25) is 0 Å². The first-order valence-electron chi connectivity index (χ1n) is 16.4. The Morgan fingerprint density at radius 2 is 1.45 bits per heavy atom. The Morgan fingerprint density at radius 3 is 2.06 bits per heavy atom. The summed E-state index contributed by atoms with van der Waals surface area (Å²) in [6.45, 7) is 10.9. The first-order valence-corrected chi connectivity index (χ1v) is 16.8. The van der Waals surface area contributed by atoms with E-state index in [9.17, 15) is 14.4 Å². The summed E-state index contributed by atoms with van der Waals surface area (Å²) in [4.78, 5) is 43.8. The molecule has 0 radical (unpaired) electrons. The first kappa shape index (κ1) is 32.8. The molecule has 6 nitrogen and oxygen atoms in total. The molecule has 2 aliphatic carbocycles. The fourth-order valence-corrected chi connectivity index (χ4v) is 7.56. The molecular formula is C40H43ClN2O4. The third-order valence-electron chi connectivity index (χ3n) is 9.53. The topological polar surface area (TPSA) is 75.7 Å². The maximum Gasteiger partial charge on any atom is 0.262 e. The van der Waals surface area contributed by atoms with Gasteiger partial charge >= 0.3 is 0 Å². The van der Waals surface area contributed by atoms with Crippen molar-refractivity contribution in [3.8, 4) is 5.75 Å². The van der Waals surface area contributed by atoms with Crippen LogP contribution in [0, 0.1) is 17.8 Å². The van der Waals surface area contributed by atoms with Gasteiger partial charge in [0, 0.05) is 64.1 Å². The van der Waals surface area contributed by atoms with Gasteiger partial charge in [-0.2, -0.15) is 0 Å². The lowest BCUT2D eigenvalue weighted by molar-refractivity contribution is -0.120. The predicted molar refractivity (Wildman–Crippen MR) is 186 cm³/mol. The lowest BCUT2D eigenvalue weighted by atomic mass is 9.63. The van der Waals surface area contributed by atoms with Gasteiger partial charge in [-0.25, -0.2) is 0 Å². The average molecular weight is 651 g/mol. The molecule has 0 spiro atoms. The summed E-state index contributed by atoms with van der Waals surface area (Å²) < 4.78 is 6.20. The molecule has 7 heteroatoms. The quantitative estimate of drug-likeness (QED) is 0.264. The predicted octanol–water partition coefficient (Wildman–Crippen LogP) is 8.59. The number of rotatable bonds is 8. The summed E-state index contributed by atoms with van der Waals surface area (Å²) in [6.07, 6.45) is 3.07. The van der Waals surface area contributed by atoms with Gasteiger partial charge in [0.1, 0.15) is 5.75 Å². The number of carbonyl (C=O) groups excluding carboxylic acids is 3. The number of aryl methyl sites for hydroxylation is 1. The number of Topliss-reactive ketones (excluding diaryl/α,β-unsaturated/α-hetero) is 2. The molecule has 0 bridgehead atoms. The average Bonchev–Trinajstić information content (AvgIpc) is 3.00. The molecule has 0 fully saturated rings. The molecule has 1 amide bonds. The van der Waals surface area contributed by atoms with Gasteiger partial charge in [-0.15, -0.1) is 0 Å². The summed E-state index contributed by atoms with van der Waals surface area (Å²) in [5, 5.41) is 3.42. The number of benzene rings is 3. The maximum absolute atomic E-state index is 14.3. The molecule has 1 N–H and O–H groups in total. The fourth-order valence-electron chi connectivity index (χ4n) is 7.38. The van der Waals surface area contributed by atoms with Gasteiger partial charge in [0.15, 0.2) is 18.2 Å². The van der Waals surface area contributed by atoms with E-state index in [1.165, 1.54) is 5.56 Å². The van der Waals surface area contributed by atoms with Crippen LogP contribution in [0.3, 0.4) is 0 Å². The number of hydrogen-bond acceptors (Lipinski definition) is 5. The molecule has 0 unspecified atom stereocenters. The number of anilines is 1. The van der Waals surface area contributed by atoms with E-state index in [1.54, 1.807) is 12.1 Å². The number of halogens is 1. The van der Waals surface area contributed by atoms with E-state index in [1.807, 2.05) is 55.5 Å². The molecule has 0 saturated carbocycles. The lowest BCUT2D eigenvalue weighted by Crippen LogP contribution is -2.45. The standard InChI is InChI=1S/C40H43ClN2O4/c1-25-15-16-27(19-29(25)41)42-35(46)24-47-34-14-10-9-13-28(34)36-37-30(20-39(2,3)22-32(37)44)43(18-17-26-11-7-6-8-12-26)31-21-40(4,5)23-33(45)38(31)36/h6-16,19,36H,17-18,20-24H2,1-5H3,(H,42,46). The van der Waals surface area contributed by atoms with Gasteiger partial charge < -0.3 is 15.0 Å². The van der Waals surface area contributed by atoms with E-state index in [0.29, 0.717) is 47.0 Å². The van der Waals surface area contributed by atoms with Crippen LogP contribution >= 0.6 is 11.6 Å². The van der Waals surface area contributed by atoms with Gasteiger partial charge in [-0.1, -0.05) is 93.9 Å². The van der Waals surface area contributed by atoms with E-state index in [-0.39, 0.29) is 34.9 Å². The normalized spacial score (nSPS) is 19.0. The molecule has 3 aromatic carbocycles. The molecule has 3 aromatic rings. The van der Waals surface area contributed by atoms with Crippen molar-refractivity contribution in [2.24, 2.45) is 10.8 Å². The fraction of sp³-hybridized carbons (Fsp3) is 0.375. The largest absolute Gasteiger partial charge is 0.483 e. The number of allylic oxidation sites excluding steroid dienone is 4. The minimum atomic E-state index is -0.560. The molecule has 6 rings (SSSR count). The summed E-state index contributed by atoms with van der Waals surface area (Å²) in [7, 11) is 0. The zero-order chi connectivity index (χ0) is 33.5. The lowest BCUT2D eigenvalue weighted by Gasteiger charge is -2.49. The van der Waals surface area contributed by atoms with Crippen molar-refractivity contribution >= 4 is 34.8 Å². The number of hydrogen-bond donors (Lipinski definition) is 1. The van der Waals surface area contributed by atoms with Crippen molar-refractivity contribution in [3.05, 3.63) is 117 Å². The highest BCUT2D eigenvalue weighted by Gasteiger charge is 2.49. The Morgan fingerprint density at radius 1 is 0.851 bits per heavy atom. The molecule has 0 atom stereocenters. The second-order valence-corrected chi connectivity index (χ2v) is 15.2. The van der Waals surface area contributed by atoms with E-state index in [2.05, 4.69) is 50.0 Å². The Hall–Kier alpha value is -4.16. The van der Waals surface area contributed by atoms with Crippen molar-refractivity contribution in [1.82, 2.24) is 4.90 Å². The molecule has 0 saturated heterocycles. The van der Waals surface area contributed by atoms with Crippen LogP contribution in [0.1, 0.15) is 76.0 Å². The highest BCUT2D eigenvalue weighted by molar-refractivity contribution is 6.31. The Bertz CT molecular complexity index is 1750. The third kappa shape index (κ3) is 6.94. The molecule has 1 aliphatic heterocycles. The van der Waals surface area contributed by atoms with Crippen LogP contribution in [-0.2, 0) is 20.8 Å². The molecular weight excluding hydrogens is 608 g/mol. The van der Waals surface area contributed by atoms with Crippen LogP contribution in [0.4, 0.5) is 5.69 Å². The number of carbonyl (C=O) groups is 3. The highest BCUT2D eigenvalue weighted by atomic mass is 35.5. The van der Waals surface area contributed by atoms with Gasteiger partial charge in [-0.05, 0) is 66.3 Å². The number of ketones is 2. The Balaban J connectivity index is 1.40. The van der Waals surface area contributed by atoms with Crippen molar-refractivity contribution in [1.29, 1.82) is 0 Å². The monoisotopic (exact) mass is 650 g/mol. The minimum absolute atomic E-state index is 0.0685. The van der Waals surface area contributed by atoms with Gasteiger partial charge in [-0.3, -0.25) is 14.4 Å². The third-order valence-corrected chi connectivity index (χ3v) is 9.94. The second-order valence-electron chi connectivity index (χ2n) is 14.8. The second kappa shape index (κ2) is 12.8. The van der Waals surface area contributed by atoms with E-state index >= 15 is 0 Å². The zero-order valence-electron chi connectivity index (χ0n) is 27.9. The highest BCUT2D eigenvalue weighted by Crippen LogP contribution is 2.55. The van der Waals surface area contributed by atoms with Crippen LogP contribution in [0.15, 0.2) is 95.3 Å². The summed E-state index contributed by atoms with van der Waals surface area (Å²) >= 11 is 6.26. The maximum atomic E-state index is 14.3. The molecule has 1 heterocycles. The van der Waals surface area contributed by atoms with Crippen molar-refractivity contribution in [3.63, 3.8) is 0 Å². The molecule has 3 aliphatic rings. The van der Waals surface area contributed by atoms with E-state index in [0.717, 1.165) is 41.8 Å². The van der Waals surface area contributed by atoms with Crippen LogP contribution in [-0.4, -0.2) is 35.5 Å². The Kier molecular flexibility index (Phi) is 8.92. The molecule has 244 valence electrons. The minimum Gasteiger partial charge on any atom is -0.483 e. The SMILES string of the molecule is Cc1ccc(NC(=O)COc2ccccc2C2C3=C(CC(C)(C)CC3=O)N(CCc3ccccc3)C3=C2C(=O)CC(C)(C)C3)cc1Cl. The van der Waals surface area contributed by atoms with Gasteiger partial charge in [0.05, 0.1) is 0 Å². The van der Waals surface area contributed by atoms with E-state index < -0.39 is 5.92 Å². The number of nitrogens with zero attached hydrogens (tertiary/aromatic N) is 1. The summed E-state index contributed by atoms with van der Waals surface area (Å²) in [5.74, 6) is -0.268. The van der Waals surface area contributed by atoms with Gasteiger partial charge in [0.25, 0.3) is 5.91 Å². The number of para-hydroxylation sites is 1. The molecule has 0 aromatic heterocycles. The van der Waals surface area contributed by atoms with Crippen LogP contribution in [0.2, 0.25) is 5.02 Å². The Labute approximate surface area is 282 Å². The number of ether oxygens (including phenoxy) is 1. The van der Waals surface area contributed by atoms with Crippen molar-refractivity contribution in [2.75, 3.05) is 18.5 Å². The van der Waals surface area contributed by atoms with Crippen LogP contribution in [0.5, 0.6) is 5.75 Å². The van der Waals surface area contributed by atoms with E-state index in [4.69, 9.17) is 16.3 Å². The number of nitrogens with one attached hydrogen (secondary N) is 1. The molecule has 47 heavy (non-hydrogen) atoms. The number of amides is 1. The zero-order valence-corrected chi connectivity index (χ0v) is 28.7. The summed E-state index contributed by atoms with van der Waals surface area (Å²) in [5.41, 5.74) is 6.44.